The number of ether oxygens (including phenoxy) is 2. The molecule has 98 valence electrons. The van der Waals surface area contributed by atoms with Gasteiger partial charge in [-0.05, 0) is 6.07 Å². The lowest BCUT2D eigenvalue weighted by Gasteiger charge is -2.17. The van der Waals surface area contributed by atoms with Crippen molar-refractivity contribution in [3.63, 3.8) is 0 Å². The maximum atomic E-state index is 11.0. The molecule has 1 aromatic rings. The van der Waals surface area contributed by atoms with E-state index in [0.717, 1.165) is 0 Å². The second-order valence-corrected chi connectivity index (χ2v) is 4.09. The van der Waals surface area contributed by atoms with Crippen molar-refractivity contribution in [1.29, 1.82) is 0 Å². The van der Waals surface area contributed by atoms with Crippen LogP contribution < -0.4 is 9.26 Å². The highest BCUT2D eigenvalue weighted by atomic mass is 127. The molecule has 0 aliphatic carbocycles. The van der Waals surface area contributed by atoms with Crippen molar-refractivity contribution in [3.8, 4) is 0 Å². The van der Waals surface area contributed by atoms with Gasteiger partial charge in [-0.25, -0.2) is 9.59 Å². The number of primary amides is 1. The topological polar surface area (TPSA) is 90.7 Å². The molecule has 1 rings (SSSR count). The van der Waals surface area contributed by atoms with Crippen molar-refractivity contribution in [2.24, 2.45) is 5.73 Å². The van der Waals surface area contributed by atoms with Crippen molar-refractivity contribution < 1.29 is 19.1 Å². The van der Waals surface area contributed by atoms with Gasteiger partial charge in [0.15, 0.2) is 6.10 Å². The molecule has 6 nitrogen and oxygen atoms in total. The molecule has 1 atom stereocenters. The van der Waals surface area contributed by atoms with Gasteiger partial charge in [0, 0.05) is 10.6 Å². The van der Waals surface area contributed by atoms with Crippen molar-refractivity contribution in [2.75, 3.05) is 6.61 Å². The molecule has 0 saturated heterocycles. The third-order valence-corrected chi connectivity index (χ3v) is 2.74. The fraction of sp³-hybridized carbons (Fsp3) is 0.200. The van der Waals surface area contributed by atoms with E-state index in [9.17, 15) is 9.59 Å². The quantitative estimate of drug-likeness (QED) is 0.616. The summed E-state index contributed by atoms with van der Waals surface area (Å²) >= 11 is 7.59. The predicted molar refractivity (Wildman–Crippen MR) is 73.4 cm³/mol. The van der Waals surface area contributed by atoms with E-state index in [4.69, 9.17) is 26.8 Å². The minimum absolute atomic E-state index is 0.179. The number of benzene rings is 1. The van der Waals surface area contributed by atoms with E-state index >= 15 is 0 Å². The van der Waals surface area contributed by atoms with Gasteiger partial charge in [-0.15, -0.1) is 0 Å². The Bertz CT molecular complexity index is 444. The largest absolute Gasteiger partial charge is 0.445 e. The van der Waals surface area contributed by atoms with Gasteiger partial charge in [-0.3, -0.25) is 3.53 Å². The molecule has 0 spiro atoms. The number of halogens is 2. The summed E-state index contributed by atoms with van der Waals surface area (Å²) < 4.78 is 11.9. The number of rotatable bonds is 4. The second-order valence-electron chi connectivity index (χ2n) is 3.14. The van der Waals surface area contributed by atoms with E-state index in [1.54, 1.807) is 47.1 Å². The van der Waals surface area contributed by atoms with Crippen LogP contribution in [0, 0.1) is 0 Å². The lowest BCUT2D eigenvalue weighted by Crippen LogP contribution is -2.24. The lowest BCUT2D eigenvalue weighted by molar-refractivity contribution is 0.0506. The number of hydrogen-bond acceptors (Lipinski definition) is 4. The molecule has 8 heteroatoms. The second kappa shape index (κ2) is 7.27. The Morgan fingerprint density at radius 2 is 2.11 bits per heavy atom. The van der Waals surface area contributed by atoms with E-state index in [1.165, 1.54) is 0 Å². The van der Waals surface area contributed by atoms with Crippen LogP contribution >= 0.6 is 34.5 Å². The number of hydrogen-bond donors (Lipinski definition) is 2. The zero-order valence-corrected chi connectivity index (χ0v) is 12.0. The van der Waals surface area contributed by atoms with Crippen molar-refractivity contribution in [3.05, 3.63) is 34.9 Å². The van der Waals surface area contributed by atoms with Crippen LogP contribution in [0.4, 0.5) is 9.59 Å². The molecule has 0 bridgehead atoms. The Hall–Kier alpha value is -1.22. The Labute approximate surface area is 122 Å². The minimum atomic E-state index is -0.974. The molecular weight excluding hydrogens is 374 g/mol. The summed E-state index contributed by atoms with van der Waals surface area (Å²) in [7, 11) is 0. The maximum Gasteiger partial charge on any atom is 0.416 e. The molecule has 0 aliphatic heterocycles. The van der Waals surface area contributed by atoms with E-state index < -0.39 is 18.3 Å². The summed E-state index contributed by atoms with van der Waals surface area (Å²) in [4.78, 5) is 21.8. The summed E-state index contributed by atoms with van der Waals surface area (Å²) in [5.41, 5.74) is 5.47. The highest BCUT2D eigenvalue weighted by Crippen LogP contribution is 2.25. The summed E-state index contributed by atoms with van der Waals surface area (Å²) in [5, 5.41) is 0.391. The fourth-order valence-electron chi connectivity index (χ4n) is 1.24. The van der Waals surface area contributed by atoms with Gasteiger partial charge in [0.25, 0.3) is 0 Å². The fourth-order valence-corrected chi connectivity index (χ4v) is 1.66. The number of carbonyl (C=O) groups excluding carboxylic acids is 2. The van der Waals surface area contributed by atoms with Crippen LogP contribution in [0.3, 0.4) is 0 Å². The first-order valence-corrected chi connectivity index (χ1v) is 6.24. The predicted octanol–water partition coefficient (Wildman–Crippen LogP) is 2.55. The van der Waals surface area contributed by atoms with Gasteiger partial charge in [-0.1, -0.05) is 29.8 Å². The average Bonchev–Trinajstić information content (AvgIpc) is 2.34. The molecule has 0 fully saturated rings. The van der Waals surface area contributed by atoms with E-state index in [-0.39, 0.29) is 6.61 Å². The summed E-state index contributed by atoms with van der Waals surface area (Å²) in [6.45, 7) is -0.179. The first-order valence-electron chi connectivity index (χ1n) is 4.78. The summed E-state index contributed by atoms with van der Waals surface area (Å²) in [6.07, 6.45) is -2.47. The van der Waals surface area contributed by atoms with Crippen molar-refractivity contribution in [2.45, 2.75) is 6.10 Å². The standard InChI is InChI=1S/C10H10ClIN2O4/c11-7-4-2-1-3-6(7)8(18-9(13)15)5-17-10(16)14-12/h1-4,8H,5H2,(H2,13,15)(H,14,16)/t8-/m0/s1. The zero-order chi connectivity index (χ0) is 13.5. The third kappa shape index (κ3) is 4.57. The van der Waals surface area contributed by atoms with E-state index in [0.29, 0.717) is 10.6 Å². The van der Waals surface area contributed by atoms with Crippen LogP contribution in [0.15, 0.2) is 24.3 Å². The minimum Gasteiger partial charge on any atom is -0.445 e. The molecule has 1 aromatic carbocycles. The third-order valence-electron chi connectivity index (χ3n) is 1.95. The smallest absolute Gasteiger partial charge is 0.416 e. The molecule has 0 saturated carbocycles. The normalized spacial score (nSPS) is 11.4. The monoisotopic (exact) mass is 384 g/mol. The molecule has 3 N–H and O–H groups in total. The van der Waals surface area contributed by atoms with Gasteiger partial charge < -0.3 is 15.2 Å². The molecule has 0 aliphatic rings. The van der Waals surface area contributed by atoms with Crippen LogP contribution in [-0.4, -0.2) is 18.8 Å². The van der Waals surface area contributed by atoms with Crippen LogP contribution in [0.25, 0.3) is 0 Å². The Morgan fingerprint density at radius 1 is 1.44 bits per heavy atom. The highest BCUT2D eigenvalue weighted by Gasteiger charge is 2.20. The molecule has 0 aromatic heterocycles. The summed E-state index contributed by atoms with van der Waals surface area (Å²) in [6, 6.07) is 6.73. The van der Waals surface area contributed by atoms with Gasteiger partial charge >= 0.3 is 12.2 Å². The first-order chi connectivity index (χ1) is 8.54. The Morgan fingerprint density at radius 3 is 2.67 bits per heavy atom. The van der Waals surface area contributed by atoms with Gasteiger partial charge in [0.2, 0.25) is 0 Å². The zero-order valence-electron chi connectivity index (χ0n) is 9.06. The average molecular weight is 385 g/mol. The van der Waals surface area contributed by atoms with Crippen LogP contribution in [0.1, 0.15) is 11.7 Å². The lowest BCUT2D eigenvalue weighted by atomic mass is 10.1. The van der Waals surface area contributed by atoms with Crippen molar-refractivity contribution >= 4 is 46.7 Å². The van der Waals surface area contributed by atoms with Crippen LogP contribution in [-0.2, 0) is 9.47 Å². The molecule has 0 unspecified atom stereocenters. The van der Waals surface area contributed by atoms with E-state index in [2.05, 4.69) is 3.53 Å². The first kappa shape index (κ1) is 14.8. The molecule has 18 heavy (non-hydrogen) atoms. The van der Waals surface area contributed by atoms with Crippen LogP contribution in [0.5, 0.6) is 0 Å². The number of nitrogens with two attached hydrogens (primary N) is 1. The maximum absolute atomic E-state index is 11.0. The van der Waals surface area contributed by atoms with Gasteiger partial charge in [-0.2, -0.15) is 0 Å². The van der Waals surface area contributed by atoms with Gasteiger partial charge in [0.05, 0.1) is 22.9 Å². The Balaban J connectivity index is 2.81. The Kier molecular flexibility index (Phi) is 5.99. The molecule has 0 radical (unpaired) electrons. The number of carbonyl (C=O) groups is 2. The number of amides is 2. The molecule has 2 amide bonds. The number of nitrogens with one attached hydrogen (secondary N) is 1. The summed E-state index contributed by atoms with van der Waals surface area (Å²) in [5.74, 6) is 0. The van der Waals surface area contributed by atoms with E-state index in [1.807, 2.05) is 0 Å². The molecule has 0 heterocycles. The van der Waals surface area contributed by atoms with Gasteiger partial charge in [0.1, 0.15) is 6.61 Å². The van der Waals surface area contributed by atoms with Crippen LogP contribution in [0.2, 0.25) is 5.02 Å². The molecular formula is C10H10ClIN2O4. The SMILES string of the molecule is NC(=O)O[C@@H](COC(=O)NI)c1ccccc1Cl. The van der Waals surface area contributed by atoms with Crippen molar-refractivity contribution in [1.82, 2.24) is 3.53 Å². The highest BCUT2D eigenvalue weighted by molar-refractivity contribution is 14.1.